The number of nitrogens with one attached hydrogen (secondary N) is 1. The first-order valence-electron chi connectivity index (χ1n) is 5.50. The molecule has 0 fully saturated rings. The summed E-state index contributed by atoms with van der Waals surface area (Å²) in [6, 6.07) is 10.8. The Morgan fingerprint density at radius 2 is 1.84 bits per heavy atom. The lowest BCUT2D eigenvalue weighted by Crippen LogP contribution is -2.12. The van der Waals surface area contributed by atoms with E-state index in [0.717, 1.165) is 15.7 Å². The Kier molecular flexibility index (Phi) is 4.66. The van der Waals surface area contributed by atoms with Gasteiger partial charge >= 0.3 is 0 Å². The molecule has 0 aliphatic heterocycles. The van der Waals surface area contributed by atoms with Gasteiger partial charge in [-0.2, -0.15) is 0 Å². The Hall–Kier alpha value is -0.840. The fourth-order valence-corrected chi connectivity index (χ4v) is 3.04. The number of carbonyl (C=O) groups excluding carboxylic acids is 1. The molecule has 0 aromatic heterocycles. The molecule has 2 aromatic carbocycles. The molecule has 0 saturated heterocycles. The summed E-state index contributed by atoms with van der Waals surface area (Å²) in [5, 5.41) is 3.44. The Balaban J connectivity index is 2.25. The molecule has 2 rings (SSSR count). The van der Waals surface area contributed by atoms with Crippen LogP contribution >= 0.6 is 43.5 Å². The highest BCUT2D eigenvalue weighted by Gasteiger charge is 2.12. The maximum Gasteiger partial charge on any atom is 0.256 e. The Labute approximate surface area is 133 Å². The van der Waals surface area contributed by atoms with Crippen LogP contribution in [-0.2, 0) is 0 Å². The molecule has 2 nitrogen and oxygen atoms in total. The smallest absolute Gasteiger partial charge is 0.256 e. The predicted molar refractivity (Wildman–Crippen MR) is 86.0 cm³/mol. The second-order valence-corrected chi connectivity index (χ2v) is 6.21. The van der Waals surface area contributed by atoms with Crippen molar-refractivity contribution >= 4 is 55.1 Å². The highest BCUT2D eigenvalue weighted by atomic mass is 79.9. The molecule has 5 heteroatoms. The first kappa shape index (κ1) is 14.6. The number of aryl methyl sites for hydroxylation is 1. The van der Waals surface area contributed by atoms with E-state index in [-0.39, 0.29) is 5.91 Å². The van der Waals surface area contributed by atoms with Gasteiger partial charge in [-0.1, -0.05) is 17.7 Å². The van der Waals surface area contributed by atoms with E-state index in [9.17, 15) is 4.79 Å². The normalized spacial score (nSPS) is 10.3. The minimum absolute atomic E-state index is 0.187. The van der Waals surface area contributed by atoms with Gasteiger partial charge in [0.1, 0.15) is 0 Å². The van der Waals surface area contributed by atoms with Crippen LogP contribution in [0.5, 0.6) is 0 Å². The van der Waals surface area contributed by atoms with Crippen LogP contribution in [0.25, 0.3) is 0 Å². The van der Waals surface area contributed by atoms with Crippen molar-refractivity contribution in [2.75, 3.05) is 5.32 Å². The predicted octanol–water partition coefficient (Wildman–Crippen LogP) is 5.43. The molecule has 2 aromatic rings. The van der Waals surface area contributed by atoms with Crippen LogP contribution in [0.15, 0.2) is 45.3 Å². The Bertz CT molecular complexity index is 643. The summed E-state index contributed by atoms with van der Waals surface area (Å²) >= 11 is 12.6. The highest BCUT2D eigenvalue weighted by Crippen LogP contribution is 2.26. The zero-order chi connectivity index (χ0) is 14.0. The maximum atomic E-state index is 12.2. The molecule has 98 valence electrons. The SMILES string of the molecule is Cc1ccc(NC(=O)c2ccc(Cl)cc2Br)c(Br)c1. The van der Waals surface area contributed by atoms with E-state index in [2.05, 4.69) is 37.2 Å². The summed E-state index contributed by atoms with van der Waals surface area (Å²) in [4.78, 5) is 12.2. The number of rotatable bonds is 2. The van der Waals surface area contributed by atoms with Gasteiger partial charge in [0.15, 0.2) is 0 Å². The molecule has 0 aliphatic carbocycles. The van der Waals surface area contributed by atoms with Crippen LogP contribution in [-0.4, -0.2) is 5.91 Å². The van der Waals surface area contributed by atoms with Crippen molar-refractivity contribution in [3.05, 3.63) is 61.5 Å². The van der Waals surface area contributed by atoms with Gasteiger partial charge < -0.3 is 5.32 Å². The van der Waals surface area contributed by atoms with E-state index in [1.165, 1.54) is 0 Å². The van der Waals surface area contributed by atoms with Crippen LogP contribution in [0.3, 0.4) is 0 Å². The molecule has 1 amide bonds. The van der Waals surface area contributed by atoms with Gasteiger partial charge in [-0.05, 0) is 74.7 Å². The van der Waals surface area contributed by atoms with Gasteiger partial charge in [-0.15, -0.1) is 0 Å². The molecule has 0 radical (unpaired) electrons. The molecule has 0 saturated carbocycles. The van der Waals surface area contributed by atoms with E-state index < -0.39 is 0 Å². The lowest BCUT2D eigenvalue weighted by molar-refractivity contribution is 0.102. The second kappa shape index (κ2) is 6.07. The van der Waals surface area contributed by atoms with Gasteiger partial charge in [0, 0.05) is 14.0 Å². The van der Waals surface area contributed by atoms with E-state index >= 15 is 0 Å². The Morgan fingerprint density at radius 3 is 2.47 bits per heavy atom. The third-order valence-corrected chi connectivity index (χ3v) is 4.10. The van der Waals surface area contributed by atoms with Gasteiger partial charge in [0.25, 0.3) is 5.91 Å². The molecule has 0 atom stereocenters. The van der Waals surface area contributed by atoms with Crippen molar-refractivity contribution in [2.24, 2.45) is 0 Å². The van der Waals surface area contributed by atoms with Gasteiger partial charge in [0.2, 0.25) is 0 Å². The lowest BCUT2D eigenvalue weighted by Gasteiger charge is -2.09. The zero-order valence-electron chi connectivity index (χ0n) is 10.0. The number of benzene rings is 2. The average molecular weight is 404 g/mol. The number of halogens is 3. The molecule has 0 spiro atoms. The van der Waals surface area contributed by atoms with Crippen molar-refractivity contribution in [3.63, 3.8) is 0 Å². The number of carbonyl (C=O) groups is 1. The fourth-order valence-electron chi connectivity index (χ4n) is 1.58. The molecule has 0 aliphatic rings. The first-order valence-corrected chi connectivity index (χ1v) is 7.46. The van der Waals surface area contributed by atoms with Crippen molar-refractivity contribution < 1.29 is 4.79 Å². The third kappa shape index (κ3) is 3.59. The van der Waals surface area contributed by atoms with E-state index in [1.54, 1.807) is 18.2 Å². The van der Waals surface area contributed by atoms with Crippen molar-refractivity contribution in [3.8, 4) is 0 Å². The molecule has 0 bridgehead atoms. The molecule has 0 unspecified atom stereocenters. The number of amides is 1. The van der Waals surface area contributed by atoms with E-state index in [4.69, 9.17) is 11.6 Å². The van der Waals surface area contributed by atoms with Crippen LogP contribution in [0.1, 0.15) is 15.9 Å². The van der Waals surface area contributed by atoms with Crippen molar-refractivity contribution in [1.82, 2.24) is 0 Å². The van der Waals surface area contributed by atoms with E-state index in [0.29, 0.717) is 15.1 Å². The van der Waals surface area contributed by atoms with Gasteiger partial charge in [-0.3, -0.25) is 4.79 Å². The van der Waals surface area contributed by atoms with Crippen LogP contribution in [0.4, 0.5) is 5.69 Å². The lowest BCUT2D eigenvalue weighted by atomic mass is 10.2. The second-order valence-electron chi connectivity index (χ2n) is 4.06. The minimum atomic E-state index is -0.187. The Morgan fingerprint density at radius 1 is 1.11 bits per heavy atom. The molecule has 0 heterocycles. The number of hydrogen-bond donors (Lipinski definition) is 1. The van der Waals surface area contributed by atoms with Crippen molar-refractivity contribution in [1.29, 1.82) is 0 Å². The molecule has 1 N–H and O–H groups in total. The summed E-state index contributed by atoms with van der Waals surface area (Å²) in [6.07, 6.45) is 0. The largest absolute Gasteiger partial charge is 0.321 e. The average Bonchev–Trinajstić information content (AvgIpc) is 2.32. The minimum Gasteiger partial charge on any atom is -0.321 e. The quantitative estimate of drug-likeness (QED) is 0.712. The van der Waals surface area contributed by atoms with E-state index in [1.807, 2.05) is 25.1 Å². The highest BCUT2D eigenvalue weighted by molar-refractivity contribution is 9.11. The van der Waals surface area contributed by atoms with Crippen LogP contribution in [0.2, 0.25) is 5.02 Å². The summed E-state index contributed by atoms with van der Waals surface area (Å²) in [5.41, 5.74) is 2.40. The summed E-state index contributed by atoms with van der Waals surface area (Å²) in [5.74, 6) is -0.187. The number of anilines is 1. The maximum absolute atomic E-state index is 12.2. The fraction of sp³-hybridized carbons (Fsp3) is 0.0714. The number of hydrogen-bond acceptors (Lipinski definition) is 1. The molecule has 19 heavy (non-hydrogen) atoms. The van der Waals surface area contributed by atoms with Crippen LogP contribution in [0, 0.1) is 6.92 Å². The monoisotopic (exact) mass is 401 g/mol. The van der Waals surface area contributed by atoms with Gasteiger partial charge in [-0.25, -0.2) is 0 Å². The molecular formula is C14H10Br2ClNO. The standard InChI is InChI=1S/C14H10Br2ClNO/c1-8-2-5-13(12(16)6-8)18-14(19)10-4-3-9(17)7-11(10)15/h2-7H,1H3,(H,18,19). The summed E-state index contributed by atoms with van der Waals surface area (Å²) in [7, 11) is 0. The van der Waals surface area contributed by atoms with Crippen LogP contribution < -0.4 is 5.32 Å². The first-order chi connectivity index (χ1) is 8.97. The summed E-state index contributed by atoms with van der Waals surface area (Å²) in [6.45, 7) is 1.99. The molecular weight excluding hydrogens is 393 g/mol. The summed E-state index contributed by atoms with van der Waals surface area (Å²) < 4.78 is 1.52. The zero-order valence-corrected chi connectivity index (χ0v) is 13.9. The van der Waals surface area contributed by atoms with Gasteiger partial charge in [0.05, 0.1) is 11.3 Å². The topological polar surface area (TPSA) is 29.1 Å². The third-order valence-electron chi connectivity index (χ3n) is 2.55. The van der Waals surface area contributed by atoms with Crippen molar-refractivity contribution in [2.45, 2.75) is 6.92 Å².